The Labute approximate surface area is 126 Å². The van der Waals surface area contributed by atoms with Crippen LogP contribution < -0.4 is 0 Å². The van der Waals surface area contributed by atoms with E-state index in [1.165, 1.54) is 30.3 Å². The summed E-state index contributed by atoms with van der Waals surface area (Å²) in [6, 6.07) is 6.52. The zero-order valence-electron chi connectivity index (χ0n) is 12.6. The third-order valence-corrected chi connectivity index (χ3v) is 4.73. The minimum absolute atomic E-state index is 0.0402. The van der Waals surface area contributed by atoms with Gasteiger partial charge in [-0.05, 0) is 56.2 Å². The van der Waals surface area contributed by atoms with Crippen molar-refractivity contribution in [3.63, 3.8) is 0 Å². The monoisotopic (exact) mass is 290 g/mol. The van der Waals surface area contributed by atoms with Crippen molar-refractivity contribution < 1.29 is 0 Å². The minimum Gasteiger partial charge on any atom is -0.326 e. The SMILES string of the molecule is Cc1ccc2c(c1)nc(C(C)Cl)n2CC1CCC(C)C1. The van der Waals surface area contributed by atoms with E-state index in [1.807, 2.05) is 6.92 Å². The molecule has 20 heavy (non-hydrogen) atoms. The molecule has 2 nitrogen and oxygen atoms in total. The molecule has 1 aliphatic carbocycles. The summed E-state index contributed by atoms with van der Waals surface area (Å²) in [7, 11) is 0. The molecule has 2 aromatic rings. The van der Waals surface area contributed by atoms with Crippen LogP contribution in [-0.2, 0) is 6.54 Å². The molecule has 3 atom stereocenters. The van der Waals surface area contributed by atoms with Crippen molar-refractivity contribution >= 4 is 22.6 Å². The molecule has 1 saturated carbocycles. The Kier molecular flexibility index (Phi) is 3.76. The molecule has 1 aromatic carbocycles. The van der Waals surface area contributed by atoms with E-state index in [4.69, 9.17) is 16.6 Å². The molecule has 3 heteroatoms. The van der Waals surface area contributed by atoms with E-state index in [-0.39, 0.29) is 5.38 Å². The molecular formula is C17H23ClN2. The number of aryl methyl sites for hydroxylation is 1. The Morgan fingerprint density at radius 3 is 2.85 bits per heavy atom. The van der Waals surface area contributed by atoms with Crippen LogP contribution in [0, 0.1) is 18.8 Å². The predicted octanol–water partition coefficient (Wildman–Crippen LogP) is 5.08. The highest BCUT2D eigenvalue weighted by Crippen LogP contribution is 2.34. The predicted molar refractivity (Wildman–Crippen MR) is 85.2 cm³/mol. The number of aromatic nitrogens is 2. The van der Waals surface area contributed by atoms with E-state index in [0.717, 1.165) is 29.7 Å². The second kappa shape index (κ2) is 5.40. The van der Waals surface area contributed by atoms with Crippen molar-refractivity contribution in [2.75, 3.05) is 0 Å². The Morgan fingerprint density at radius 1 is 1.40 bits per heavy atom. The first-order valence-electron chi connectivity index (χ1n) is 7.65. The van der Waals surface area contributed by atoms with Crippen LogP contribution in [0.3, 0.4) is 0 Å². The lowest BCUT2D eigenvalue weighted by molar-refractivity contribution is 0.438. The standard InChI is InChI=1S/C17H23ClN2/c1-11-4-6-14(8-11)10-20-16-7-5-12(2)9-15(16)19-17(20)13(3)18/h5,7,9,11,13-14H,4,6,8,10H2,1-3H3. The molecule has 0 saturated heterocycles. The molecule has 1 heterocycles. The molecule has 1 fully saturated rings. The van der Waals surface area contributed by atoms with Crippen molar-refractivity contribution in [2.24, 2.45) is 11.8 Å². The maximum Gasteiger partial charge on any atom is 0.127 e. The summed E-state index contributed by atoms with van der Waals surface area (Å²) < 4.78 is 2.36. The lowest BCUT2D eigenvalue weighted by atomic mass is 10.1. The summed E-state index contributed by atoms with van der Waals surface area (Å²) in [5, 5.41) is -0.0402. The van der Waals surface area contributed by atoms with Gasteiger partial charge in [-0.25, -0.2) is 4.98 Å². The van der Waals surface area contributed by atoms with Crippen molar-refractivity contribution in [3.8, 4) is 0 Å². The first-order valence-corrected chi connectivity index (χ1v) is 8.09. The van der Waals surface area contributed by atoms with Crippen LogP contribution in [0.25, 0.3) is 11.0 Å². The highest BCUT2D eigenvalue weighted by Gasteiger charge is 2.24. The van der Waals surface area contributed by atoms with Crippen LogP contribution in [0.4, 0.5) is 0 Å². The van der Waals surface area contributed by atoms with Gasteiger partial charge in [-0.1, -0.05) is 19.4 Å². The van der Waals surface area contributed by atoms with Gasteiger partial charge in [-0.3, -0.25) is 0 Å². The van der Waals surface area contributed by atoms with Gasteiger partial charge in [0.25, 0.3) is 0 Å². The van der Waals surface area contributed by atoms with E-state index in [0.29, 0.717) is 0 Å². The Morgan fingerprint density at radius 2 is 2.20 bits per heavy atom. The van der Waals surface area contributed by atoms with Gasteiger partial charge in [0, 0.05) is 6.54 Å². The number of nitrogens with zero attached hydrogens (tertiary/aromatic N) is 2. The average Bonchev–Trinajstić information content (AvgIpc) is 2.94. The molecule has 3 rings (SSSR count). The second-order valence-corrected chi connectivity index (χ2v) is 7.13. The number of imidazole rings is 1. The van der Waals surface area contributed by atoms with E-state index < -0.39 is 0 Å². The molecule has 0 N–H and O–H groups in total. The zero-order chi connectivity index (χ0) is 14.3. The fraction of sp³-hybridized carbons (Fsp3) is 0.588. The van der Waals surface area contributed by atoms with Crippen molar-refractivity contribution in [2.45, 2.75) is 52.0 Å². The van der Waals surface area contributed by atoms with Gasteiger partial charge in [0.05, 0.1) is 16.4 Å². The number of halogens is 1. The maximum atomic E-state index is 6.35. The summed E-state index contributed by atoms with van der Waals surface area (Å²) in [6.45, 7) is 7.56. The number of alkyl halides is 1. The van der Waals surface area contributed by atoms with Gasteiger partial charge in [-0.15, -0.1) is 11.6 Å². The molecule has 0 aliphatic heterocycles. The minimum atomic E-state index is -0.0402. The third-order valence-electron chi connectivity index (χ3n) is 4.53. The third kappa shape index (κ3) is 2.58. The first-order chi connectivity index (χ1) is 9.54. The van der Waals surface area contributed by atoms with Crippen LogP contribution in [-0.4, -0.2) is 9.55 Å². The van der Waals surface area contributed by atoms with Gasteiger partial charge in [0.1, 0.15) is 5.82 Å². The van der Waals surface area contributed by atoms with Crippen LogP contribution in [0.15, 0.2) is 18.2 Å². The molecule has 0 amide bonds. The Balaban J connectivity index is 2.00. The molecule has 0 spiro atoms. The molecule has 0 bridgehead atoms. The van der Waals surface area contributed by atoms with Gasteiger partial charge in [0.2, 0.25) is 0 Å². The lowest BCUT2D eigenvalue weighted by Gasteiger charge is -2.15. The van der Waals surface area contributed by atoms with E-state index in [2.05, 4.69) is 36.6 Å². The number of benzene rings is 1. The maximum absolute atomic E-state index is 6.35. The van der Waals surface area contributed by atoms with Crippen molar-refractivity contribution in [1.29, 1.82) is 0 Å². The largest absolute Gasteiger partial charge is 0.326 e. The molecule has 0 radical (unpaired) electrons. The van der Waals surface area contributed by atoms with E-state index >= 15 is 0 Å². The first kappa shape index (κ1) is 13.9. The van der Waals surface area contributed by atoms with Crippen molar-refractivity contribution in [1.82, 2.24) is 9.55 Å². The van der Waals surface area contributed by atoms with Crippen LogP contribution >= 0.6 is 11.6 Å². The number of hydrogen-bond acceptors (Lipinski definition) is 1. The highest BCUT2D eigenvalue weighted by molar-refractivity contribution is 6.20. The Bertz CT molecular complexity index is 615. The van der Waals surface area contributed by atoms with E-state index in [9.17, 15) is 0 Å². The fourth-order valence-corrected chi connectivity index (χ4v) is 3.67. The summed E-state index contributed by atoms with van der Waals surface area (Å²) >= 11 is 6.35. The Hall–Kier alpha value is -1.02. The van der Waals surface area contributed by atoms with Crippen LogP contribution in [0.2, 0.25) is 0 Å². The summed E-state index contributed by atoms with van der Waals surface area (Å²) in [5.41, 5.74) is 3.57. The molecule has 1 aromatic heterocycles. The lowest BCUT2D eigenvalue weighted by Crippen LogP contribution is -2.11. The highest BCUT2D eigenvalue weighted by atomic mass is 35.5. The van der Waals surface area contributed by atoms with Crippen LogP contribution in [0.1, 0.15) is 49.9 Å². The van der Waals surface area contributed by atoms with E-state index in [1.54, 1.807) is 0 Å². The van der Waals surface area contributed by atoms with Crippen LogP contribution in [0.5, 0.6) is 0 Å². The number of rotatable bonds is 3. The van der Waals surface area contributed by atoms with Gasteiger partial charge < -0.3 is 4.57 Å². The molecule has 1 aliphatic rings. The topological polar surface area (TPSA) is 17.8 Å². The van der Waals surface area contributed by atoms with Crippen molar-refractivity contribution in [3.05, 3.63) is 29.6 Å². The second-order valence-electron chi connectivity index (χ2n) is 6.47. The smallest absolute Gasteiger partial charge is 0.127 e. The van der Waals surface area contributed by atoms with Gasteiger partial charge >= 0.3 is 0 Å². The molecule has 3 unspecified atom stereocenters. The zero-order valence-corrected chi connectivity index (χ0v) is 13.3. The quantitative estimate of drug-likeness (QED) is 0.721. The van der Waals surface area contributed by atoms with Gasteiger partial charge in [0.15, 0.2) is 0 Å². The molecular weight excluding hydrogens is 268 g/mol. The summed E-state index contributed by atoms with van der Waals surface area (Å²) in [5.74, 6) is 2.67. The van der Waals surface area contributed by atoms with Gasteiger partial charge in [-0.2, -0.15) is 0 Å². The number of fused-ring (bicyclic) bond motifs is 1. The molecule has 108 valence electrons. The fourth-order valence-electron chi connectivity index (χ4n) is 3.50. The average molecular weight is 291 g/mol. The normalized spacial score (nSPS) is 24.4. The summed E-state index contributed by atoms with van der Waals surface area (Å²) in [6.07, 6.45) is 4.03. The summed E-state index contributed by atoms with van der Waals surface area (Å²) in [4.78, 5) is 4.77. The number of hydrogen-bond donors (Lipinski definition) is 0.